The van der Waals surface area contributed by atoms with E-state index in [1.165, 1.54) is 37.1 Å². The van der Waals surface area contributed by atoms with Crippen molar-refractivity contribution in [3.8, 4) is 24.7 Å². The van der Waals surface area contributed by atoms with Crippen LogP contribution in [-0.4, -0.2) is 135 Å². The van der Waals surface area contributed by atoms with E-state index in [2.05, 4.69) is 97.1 Å². The molecule has 110 heavy (non-hydrogen) atoms. The van der Waals surface area contributed by atoms with Crippen LogP contribution in [0.4, 0.5) is 0 Å². The summed E-state index contributed by atoms with van der Waals surface area (Å²) in [5, 5.41) is 24.7. The van der Waals surface area contributed by atoms with Gasteiger partial charge in [0, 0.05) is 84.8 Å². The molecule has 3 rings (SSSR count). The van der Waals surface area contributed by atoms with Crippen LogP contribution >= 0.6 is 11.6 Å². The number of ketones is 5. The fourth-order valence-corrected chi connectivity index (χ4v) is 8.76. The maximum absolute atomic E-state index is 11.8. The molecule has 0 atom stereocenters. The topological polar surface area (TPSA) is 310 Å². The molecule has 0 aliphatic heterocycles. The summed E-state index contributed by atoms with van der Waals surface area (Å²) in [5.41, 5.74) is 0.799. The summed E-state index contributed by atoms with van der Waals surface area (Å²) < 4.78 is 45.1. The zero-order chi connectivity index (χ0) is 89.5. The number of aromatic nitrogens is 2. The second-order valence-corrected chi connectivity index (χ2v) is 41.2. The Labute approximate surface area is 674 Å². The van der Waals surface area contributed by atoms with Crippen molar-refractivity contribution in [2.45, 2.75) is 312 Å². The van der Waals surface area contributed by atoms with Crippen LogP contribution in [-0.2, 0) is 63.6 Å². The Morgan fingerprint density at radius 3 is 1.15 bits per heavy atom. The number of carbonyl (C=O) groups excluding carboxylic acids is 8. The minimum absolute atomic E-state index is 0.0170. The zero-order valence-corrected chi connectivity index (χ0v) is 76.5. The summed E-state index contributed by atoms with van der Waals surface area (Å²) in [6.07, 6.45) is 31.0. The van der Waals surface area contributed by atoms with E-state index in [-0.39, 0.29) is 97.4 Å². The first-order valence-corrected chi connectivity index (χ1v) is 40.2. The van der Waals surface area contributed by atoms with E-state index in [1.54, 1.807) is 79.5 Å². The maximum Gasteiger partial charge on any atom is 0.296 e. The third kappa shape index (κ3) is 68.9. The summed E-state index contributed by atoms with van der Waals surface area (Å²) in [6, 6.07) is 1.88. The number of allylic oxidation sites excluding steroid dienone is 6. The average molecular weight is 1600 g/mol. The van der Waals surface area contributed by atoms with E-state index < -0.39 is 30.1 Å². The van der Waals surface area contributed by atoms with Crippen molar-refractivity contribution in [3.63, 3.8) is 0 Å². The van der Waals surface area contributed by atoms with Crippen molar-refractivity contribution < 1.29 is 65.4 Å². The number of halogens is 1. The van der Waals surface area contributed by atoms with Crippen LogP contribution in [0.25, 0.3) is 0 Å². The fraction of sp³-hybridized carbons (Fsp3) is 0.632. The first-order valence-electron chi connectivity index (χ1n) is 36.7. The first-order chi connectivity index (χ1) is 48.9. The lowest BCUT2D eigenvalue weighted by atomic mass is 9.82. The molecule has 2 aliphatic rings. The van der Waals surface area contributed by atoms with E-state index in [4.69, 9.17) is 34.7 Å². The molecule has 0 bridgehead atoms. The summed E-state index contributed by atoms with van der Waals surface area (Å²) >= 11 is 5.63. The highest BCUT2D eigenvalue weighted by molar-refractivity contribution is 7.95. The lowest BCUT2D eigenvalue weighted by Gasteiger charge is -2.34. The van der Waals surface area contributed by atoms with Gasteiger partial charge in [0.1, 0.15) is 0 Å². The van der Waals surface area contributed by atoms with Crippen LogP contribution in [0.5, 0.6) is 0 Å². The Morgan fingerprint density at radius 1 is 0.545 bits per heavy atom. The van der Waals surface area contributed by atoms with E-state index in [0.717, 1.165) is 59.8 Å². The molecule has 0 saturated heterocycles. The molecule has 0 spiro atoms. The van der Waals surface area contributed by atoms with Crippen LogP contribution in [0.2, 0.25) is 5.28 Å². The summed E-state index contributed by atoms with van der Waals surface area (Å²) in [4.78, 5) is 97.6. The molecule has 1 heterocycles. The third-order valence-corrected chi connectivity index (χ3v) is 17.0. The van der Waals surface area contributed by atoms with Crippen molar-refractivity contribution in [1.82, 2.24) is 30.2 Å². The molecule has 0 fully saturated rings. The third-order valence-electron chi connectivity index (χ3n) is 13.3. The molecule has 5 N–H and O–H groups in total. The largest absolute Gasteiger partial charge is 0.396 e. The average Bonchev–Trinajstić information content (AvgIpc) is 1.32. The number of hydrogen-bond acceptors (Lipinski definition) is 16. The Bertz CT molecular complexity index is 3490. The number of aliphatic hydroxyl groups excluding tert-OH is 2. The minimum atomic E-state index is -3.26. The molecule has 23 heteroatoms. The minimum Gasteiger partial charge on any atom is -0.396 e. The van der Waals surface area contributed by atoms with Gasteiger partial charge in [0.05, 0.1) is 17.0 Å². The van der Waals surface area contributed by atoms with Gasteiger partial charge in [-0.2, -0.15) is 0 Å². The van der Waals surface area contributed by atoms with E-state index >= 15 is 0 Å². The molecule has 0 aromatic carbocycles. The molecular weight excluding hydrogens is 1450 g/mol. The van der Waals surface area contributed by atoms with Crippen molar-refractivity contribution in [2.24, 2.45) is 27.1 Å². The number of amides is 3. The Balaban J connectivity index is -0.000000174. The number of terminal acetylenes is 2. The molecule has 20 nitrogen and oxygen atoms in total. The monoisotopic (exact) mass is 1600 g/mol. The molecule has 3 amide bonds. The predicted octanol–water partition coefficient (Wildman–Crippen LogP) is 17.4. The van der Waals surface area contributed by atoms with Crippen LogP contribution in [0, 0.1) is 51.8 Å². The maximum atomic E-state index is 11.8. The van der Waals surface area contributed by atoms with Crippen LogP contribution in [0.1, 0.15) is 286 Å². The van der Waals surface area contributed by atoms with E-state index in [1.807, 2.05) is 157 Å². The number of rotatable bonds is 13. The van der Waals surface area contributed by atoms with Crippen LogP contribution < -0.4 is 15.4 Å². The van der Waals surface area contributed by atoms with Crippen molar-refractivity contribution in [2.75, 3.05) is 19.8 Å². The molecule has 630 valence electrons. The van der Waals surface area contributed by atoms with Crippen LogP contribution in [0.3, 0.4) is 0 Å². The number of nitrogens with zero attached hydrogens (tertiary/aromatic N) is 3. The molecule has 1 aromatic heterocycles. The predicted molar refractivity (Wildman–Crippen MR) is 461 cm³/mol. The number of aliphatic hydroxyl groups is 2. The van der Waals surface area contributed by atoms with Gasteiger partial charge < -0.3 is 25.7 Å². The van der Waals surface area contributed by atoms with Gasteiger partial charge in [-0.1, -0.05) is 176 Å². The highest BCUT2D eigenvalue weighted by atomic mass is 35.5. The van der Waals surface area contributed by atoms with Gasteiger partial charge in [0.2, 0.25) is 32.9 Å². The number of carbonyl (C=O) groups is 8. The van der Waals surface area contributed by atoms with Gasteiger partial charge >= 0.3 is 0 Å². The lowest BCUT2D eigenvalue weighted by molar-refractivity contribution is -0.131. The zero-order valence-electron chi connectivity index (χ0n) is 74.1. The van der Waals surface area contributed by atoms with Crippen LogP contribution in [0.15, 0.2) is 110 Å². The van der Waals surface area contributed by atoms with E-state index in [9.17, 15) is 55.2 Å². The Morgan fingerprint density at radius 2 is 0.973 bits per heavy atom. The number of Topliss-reactive ketones (excluding diaryl/α,β-unsaturated/α-hetero) is 3. The molecule has 1 aromatic rings. The van der Waals surface area contributed by atoms with Crippen molar-refractivity contribution in [1.29, 1.82) is 0 Å². The second kappa shape index (κ2) is 53.8. The standard InChI is InChI=1S/C11H18O.C10H16O.C9H17NO2.C9H16O2.C8H11ClN2.C7H13NO.C7H11NO.C7H12O.C7H10O.C6H13NO2S.C6H12O2S/c1-11(2,3)10(12)9-7-5-4-6-8-9;1-10(2,3)9(11)8-6-4-5-7-8;1-5-8(12)10(6-7-11)9(2,3)4;1-9(2,3)8(11)6-4-5-7-10;1-8(2,3)6-4-5-10-7(9)11-6;2*1-5-6(9)8-7(2,3)4;2*1-5-6(8)7(2,3)4;1-5-10(8,9)7-6(2,3)4;1-5-9(7,8)6(2,3)4/h7H,4-6,8H2,1-3H3;6H,4-5,7H2,1-3H3;5,11H,1,6-7H2,2-4H3;4,6,10H,5,7H2,1-3H3;4-5H,1-3H3;5H,1H2,2-4H3,(H,8,9);1H,2-4H3,(H,8,9);5H,1H2,2-4H3;1H,2-4H3;5,7H,1H2,2-4H3;5H,1H2,2-4H3/b;;;6-4+;;;;;;;. The lowest BCUT2D eigenvalue weighted by Crippen LogP contribution is -2.46. The van der Waals surface area contributed by atoms with Gasteiger partial charge in [-0.05, 0) is 220 Å². The highest BCUT2D eigenvalue weighted by Gasteiger charge is 2.29. The number of hydrogen-bond donors (Lipinski definition) is 5. The van der Waals surface area contributed by atoms with Gasteiger partial charge in [-0.15, -0.1) is 12.8 Å². The van der Waals surface area contributed by atoms with Gasteiger partial charge in [-0.3, -0.25) is 38.4 Å². The molecule has 0 unspecified atom stereocenters. The number of sulfone groups is 1. The number of nitrogens with one attached hydrogen (secondary N) is 3. The molecule has 0 saturated carbocycles. The number of β-amino-alcohol motifs (C(OH)–C–C–N with tert-alkyl or cyclic N) is 1. The summed E-state index contributed by atoms with van der Waals surface area (Å²) in [6.45, 7) is 79.2. The molecular formula is C87H149ClN6O14S2. The van der Waals surface area contributed by atoms with Crippen molar-refractivity contribution in [3.05, 3.63) is 121 Å². The van der Waals surface area contributed by atoms with E-state index in [0.29, 0.717) is 29.8 Å². The molecule has 2 aliphatic carbocycles. The number of sulfonamides is 1. The molecule has 0 radical (unpaired) electrons. The quantitative estimate of drug-likeness (QED) is 0.0530. The fourth-order valence-electron chi connectivity index (χ4n) is 7.18. The summed E-state index contributed by atoms with van der Waals surface area (Å²) in [7, 11) is -6.34. The highest BCUT2D eigenvalue weighted by Crippen LogP contribution is 2.29. The van der Waals surface area contributed by atoms with Crippen molar-refractivity contribution >= 4 is 78.1 Å². The second-order valence-electron chi connectivity index (χ2n) is 36.6. The normalized spacial score (nSPS) is 13.0. The summed E-state index contributed by atoms with van der Waals surface area (Å²) in [5.74, 6) is 4.13. The first kappa shape index (κ1) is 119. The van der Waals surface area contributed by atoms with Gasteiger partial charge in [0.15, 0.2) is 33.0 Å². The SMILES string of the molecule is C#CC(=O)C(C)(C)C.C#CC(=O)NC(C)(C)C.C=CC(=O)C(C)(C)C.C=CC(=O)N(CCO)C(C)(C)C.C=CC(=O)NC(C)(C)C.C=CS(=O)(=O)C(C)(C)C.C=CS(=O)(=O)NC(C)(C)C.CC(C)(C)C(=O)/C=C/CCO.CC(C)(C)C(=O)C1=CCCC1.CC(C)(C)C(=O)C1=CCCCC1.CC(C)(C)c1ccnc(Cl)n1. The Kier molecular flexibility index (Phi) is 58.1. The smallest absolute Gasteiger partial charge is 0.296 e. The Hall–Kier alpha value is -7.05. The van der Waals surface area contributed by atoms with Gasteiger partial charge in [0.25, 0.3) is 5.91 Å². The van der Waals surface area contributed by atoms with Gasteiger partial charge in [-0.25, -0.2) is 31.5 Å².